The summed E-state index contributed by atoms with van der Waals surface area (Å²) in [6, 6.07) is 50.9. The van der Waals surface area contributed by atoms with Gasteiger partial charge in [-0.25, -0.2) is 4.68 Å². The summed E-state index contributed by atoms with van der Waals surface area (Å²) in [6.45, 7) is 2.74. The molecule has 0 aliphatic heterocycles. The number of rotatable bonds is 12. The molecule has 0 amide bonds. The maximum absolute atomic E-state index is 9.96. The summed E-state index contributed by atoms with van der Waals surface area (Å²) in [7, 11) is 0. The number of aliphatic imine (C=N–C) groups is 1. The molecule has 1 fully saturated rings. The lowest BCUT2D eigenvalue weighted by molar-refractivity contribution is 0.451. The highest BCUT2D eigenvalue weighted by Gasteiger charge is 2.42. The van der Waals surface area contributed by atoms with Crippen LogP contribution in [0.2, 0.25) is 0 Å². The summed E-state index contributed by atoms with van der Waals surface area (Å²) in [5, 5.41) is 27.3. The van der Waals surface area contributed by atoms with E-state index < -0.39 is 11.1 Å². The molecule has 1 saturated carbocycles. The highest BCUT2D eigenvalue weighted by molar-refractivity contribution is 5.84. The van der Waals surface area contributed by atoms with Crippen molar-refractivity contribution < 1.29 is 0 Å². The molecule has 7 heteroatoms. The number of tetrazole rings is 1. The fourth-order valence-corrected chi connectivity index (χ4v) is 7.44. The molecule has 254 valence electrons. The number of amidine groups is 1. The number of benzene rings is 5. The molecule has 0 saturated heterocycles. The SMILES string of the molecule is CCCCC(=NCc1ccc(-c2ccccc2-c2nnnn2C(c2ccccc2)(c2ccccc2)c2ccccc2)cc1)NC1(C#N)CCCC1. The zero-order chi connectivity index (χ0) is 34.9. The quantitative estimate of drug-likeness (QED) is 0.0797. The van der Waals surface area contributed by atoms with Gasteiger partial charge >= 0.3 is 0 Å². The Balaban J connectivity index is 1.27. The summed E-state index contributed by atoms with van der Waals surface area (Å²) in [5.74, 6) is 1.61. The third kappa shape index (κ3) is 6.82. The van der Waals surface area contributed by atoms with Crippen molar-refractivity contribution in [1.29, 1.82) is 5.26 Å². The van der Waals surface area contributed by atoms with Gasteiger partial charge in [-0.1, -0.05) is 153 Å². The van der Waals surface area contributed by atoms with Crippen LogP contribution in [0, 0.1) is 11.3 Å². The number of nitriles is 1. The van der Waals surface area contributed by atoms with E-state index in [-0.39, 0.29) is 0 Å². The largest absolute Gasteiger partial charge is 0.356 e. The Labute approximate surface area is 300 Å². The van der Waals surface area contributed by atoms with Crippen LogP contribution in [0.1, 0.15) is 74.1 Å². The van der Waals surface area contributed by atoms with E-state index in [4.69, 9.17) is 15.3 Å². The molecular formula is C44H43N7. The first-order chi connectivity index (χ1) is 25.2. The molecule has 0 spiro atoms. The third-order valence-corrected chi connectivity index (χ3v) is 10.1. The Bertz CT molecular complexity index is 1990. The molecule has 51 heavy (non-hydrogen) atoms. The second-order valence-corrected chi connectivity index (χ2v) is 13.4. The molecule has 0 atom stereocenters. The van der Waals surface area contributed by atoms with Gasteiger partial charge in [0.1, 0.15) is 11.1 Å². The van der Waals surface area contributed by atoms with E-state index in [2.05, 4.69) is 139 Å². The minimum Gasteiger partial charge on any atom is -0.356 e. The Hall–Kier alpha value is -5.87. The monoisotopic (exact) mass is 669 g/mol. The van der Waals surface area contributed by atoms with Crippen molar-refractivity contribution in [2.75, 3.05) is 0 Å². The molecule has 7 nitrogen and oxygen atoms in total. The average Bonchev–Trinajstić information content (AvgIpc) is 3.89. The lowest BCUT2D eigenvalue weighted by Gasteiger charge is -2.36. The van der Waals surface area contributed by atoms with Crippen molar-refractivity contribution in [3.8, 4) is 28.6 Å². The van der Waals surface area contributed by atoms with E-state index in [9.17, 15) is 5.26 Å². The molecule has 1 aromatic heterocycles. The van der Waals surface area contributed by atoms with E-state index in [0.29, 0.717) is 12.4 Å². The van der Waals surface area contributed by atoms with E-state index in [1.807, 2.05) is 28.9 Å². The smallest absolute Gasteiger partial charge is 0.184 e. The number of hydrogen-bond donors (Lipinski definition) is 1. The predicted octanol–water partition coefficient (Wildman–Crippen LogP) is 9.36. The molecule has 0 unspecified atom stereocenters. The van der Waals surface area contributed by atoms with Gasteiger partial charge in [-0.15, -0.1) is 5.10 Å². The van der Waals surface area contributed by atoms with E-state index in [1.54, 1.807) is 0 Å². The second-order valence-electron chi connectivity index (χ2n) is 13.4. The molecule has 0 radical (unpaired) electrons. The van der Waals surface area contributed by atoms with E-state index in [1.165, 1.54) is 0 Å². The first-order valence-corrected chi connectivity index (χ1v) is 18.0. The molecule has 1 N–H and O–H groups in total. The molecule has 0 bridgehead atoms. The summed E-state index contributed by atoms with van der Waals surface area (Å²) in [5.41, 5.74) is 6.00. The Morgan fingerprint density at radius 1 is 0.765 bits per heavy atom. The summed E-state index contributed by atoms with van der Waals surface area (Å²) in [4.78, 5) is 5.00. The van der Waals surface area contributed by atoms with Crippen LogP contribution < -0.4 is 5.32 Å². The lowest BCUT2D eigenvalue weighted by Crippen LogP contribution is -2.45. The molecular weight excluding hydrogens is 627 g/mol. The van der Waals surface area contributed by atoms with Gasteiger partial charge in [0.05, 0.1) is 18.4 Å². The second kappa shape index (κ2) is 15.3. The highest BCUT2D eigenvalue weighted by atomic mass is 15.6. The lowest BCUT2D eigenvalue weighted by atomic mass is 9.77. The van der Waals surface area contributed by atoms with Gasteiger partial charge in [-0.2, -0.15) is 5.26 Å². The van der Waals surface area contributed by atoms with Crippen LogP contribution in [-0.4, -0.2) is 31.6 Å². The van der Waals surface area contributed by atoms with Gasteiger partial charge in [0, 0.05) is 12.0 Å². The van der Waals surface area contributed by atoms with Crippen molar-refractivity contribution in [1.82, 2.24) is 25.5 Å². The fourth-order valence-electron chi connectivity index (χ4n) is 7.44. The summed E-state index contributed by atoms with van der Waals surface area (Å²) >= 11 is 0. The van der Waals surface area contributed by atoms with Gasteiger partial charge in [0.25, 0.3) is 0 Å². The number of unbranched alkanes of at least 4 members (excludes halogenated alkanes) is 1. The molecule has 7 rings (SSSR count). The van der Waals surface area contributed by atoms with Crippen LogP contribution in [0.15, 0.2) is 145 Å². The minimum atomic E-state index is -0.844. The Morgan fingerprint density at radius 3 is 1.86 bits per heavy atom. The maximum atomic E-state index is 9.96. The van der Waals surface area contributed by atoms with Crippen molar-refractivity contribution in [2.45, 2.75) is 69.5 Å². The highest BCUT2D eigenvalue weighted by Crippen LogP contribution is 2.43. The normalized spacial score (nSPS) is 14.2. The number of nitrogens with one attached hydrogen (secondary N) is 1. The zero-order valence-corrected chi connectivity index (χ0v) is 29.1. The van der Waals surface area contributed by atoms with Crippen LogP contribution in [0.3, 0.4) is 0 Å². The van der Waals surface area contributed by atoms with Crippen molar-refractivity contribution in [3.63, 3.8) is 0 Å². The van der Waals surface area contributed by atoms with Gasteiger partial charge in [-0.05, 0) is 75.9 Å². The summed E-state index contributed by atoms with van der Waals surface area (Å²) in [6.07, 6.45) is 6.93. The van der Waals surface area contributed by atoms with Gasteiger partial charge in [0.15, 0.2) is 5.82 Å². The first kappa shape index (κ1) is 33.6. The maximum Gasteiger partial charge on any atom is 0.184 e. The van der Waals surface area contributed by atoms with Crippen molar-refractivity contribution in [2.24, 2.45) is 4.99 Å². The molecule has 5 aromatic carbocycles. The molecule has 1 aliphatic rings. The number of hydrogen-bond acceptors (Lipinski definition) is 5. The van der Waals surface area contributed by atoms with Crippen LogP contribution in [-0.2, 0) is 12.1 Å². The standard InChI is InChI=1S/C44H43N7/c1-2-3-25-41(47-43(33-45)30-15-16-31-43)46-32-34-26-28-35(29-27-34)39-23-13-14-24-40(39)42-48-49-50-51(42)44(36-17-7-4-8-18-36,37-19-9-5-10-20-37)38-21-11-6-12-22-38/h4-14,17-24,26-29H,2-3,15-16,25,30-32H2,1H3,(H,46,47). The molecule has 1 aliphatic carbocycles. The van der Waals surface area contributed by atoms with E-state index in [0.717, 1.165) is 89.7 Å². The Kier molecular flexibility index (Phi) is 10.1. The van der Waals surface area contributed by atoms with Crippen LogP contribution in [0.5, 0.6) is 0 Å². The van der Waals surface area contributed by atoms with Gasteiger partial charge in [0.2, 0.25) is 0 Å². The van der Waals surface area contributed by atoms with Gasteiger partial charge < -0.3 is 5.32 Å². The molecule has 1 heterocycles. The number of aromatic nitrogens is 4. The van der Waals surface area contributed by atoms with E-state index >= 15 is 0 Å². The average molecular weight is 670 g/mol. The Morgan fingerprint density at radius 2 is 1.31 bits per heavy atom. The topological polar surface area (TPSA) is 91.8 Å². The zero-order valence-electron chi connectivity index (χ0n) is 29.1. The summed E-state index contributed by atoms with van der Waals surface area (Å²) < 4.78 is 1.98. The van der Waals surface area contributed by atoms with Crippen LogP contribution >= 0.6 is 0 Å². The van der Waals surface area contributed by atoms with Crippen LogP contribution in [0.4, 0.5) is 0 Å². The first-order valence-electron chi connectivity index (χ1n) is 18.0. The predicted molar refractivity (Wildman–Crippen MR) is 204 cm³/mol. The fraction of sp³-hybridized carbons (Fsp3) is 0.250. The van der Waals surface area contributed by atoms with Crippen LogP contribution in [0.25, 0.3) is 22.5 Å². The van der Waals surface area contributed by atoms with Crippen molar-refractivity contribution in [3.05, 3.63) is 162 Å². The third-order valence-electron chi connectivity index (χ3n) is 10.1. The molecule has 6 aromatic rings. The number of nitrogens with zero attached hydrogens (tertiary/aromatic N) is 6. The van der Waals surface area contributed by atoms with Gasteiger partial charge in [-0.3, -0.25) is 4.99 Å². The minimum absolute atomic E-state index is 0.478. The van der Waals surface area contributed by atoms with Crippen molar-refractivity contribution >= 4 is 5.84 Å².